The van der Waals surface area contributed by atoms with E-state index in [9.17, 15) is 0 Å². The Morgan fingerprint density at radius 2 is 2.38 bits per heavy atom. The average molecular weight is 215 g/mol. The van der Waals surface area contributed by atoms with E-state index in [4.69, 9.17) is 0 Å². The van der Waals surface area contributed by atoms with Crippen LogP contribution in [-0.4, -0.2) is 22.6 Å². The molecule has 3 rings (SSSR count). The van der Waals surface area contributed by atoms with Gasteiger partial charge in [0, 0.05) is 12.6 Å². The summed E-state index contributed by atoms with van der Waals surface area (Å²) in [6, 6.07) is 7.08. The van der Waals surface area contributed by atoms with Crippen LogP contribution in [0.5, 0.6) is 0 Å². The summed E-state index contributed by atoms with van der Waals surface area (Å²) in [5.74, 6) is 0. The van der Waals surface area contributed by atoms with Crippen LogP contribution in [0.1, 0.15) is 24.4 Å². The third-order valence-corrected chi connectivity index (χ3v) is 3.39. The zero-order valence-corrected chi connectivity index (χ0v) is 9.61. The van der Waals surface area contributed by atoms with Gasteiger partial charge in [-0.15, -0.1) is 0 Å². The molecule has 1 aliphatic rings. The standard InChI is InChI=1S/C13H17N3/c1-10-4-5-13-12(7-10)15-9-16(13)11-3-2-6-14-8-11/h4-5,7,9,11,14H,2-3,6,8H2,1H3. The number of fused-ring (bicyclic) bond motifs is 1. The molecule has 2 aromatic rings. The number of hydrogen-bond acceptors (Lipinski definition) is 2. The minimum atomic E-state index is 0.571. The third-order valence-electron chi connectivity index (χ3n) is 3.39. The van der Waals surface area contributed by atoms with Crippen molar-refractivity contribution >= 4 is 11.0 Å². The van der Waals surface area contributed by atoms with E-state index >= 15 is 0 Å². The SMILES string of the molecule is Cc1ccc2c(c1)ncn2C1CCCNC1. The first-order valence-corrected chi connectivity index (χ1v) is 5.98. The van der Waals surface area contributed by atoms with Gasteiger partial charge in [-0.1, -0.05) is 6.07 Å². The number of piperidine rings is 1. The first-order chi connectivity index (χ1) is 7.84. The molecule has 16 heavy (non-hydrogen) atoms. The lowest BCUT2D eigenvalue weighted by molar-refractivity contribution is 0.378. The van der Waals surface area contributed by atoms with E-state index in [2.05, 4.69) is 40.0 Å². The molecule has 0 amide bonds. The van der Waals surface area contributed by atoms with Crippen molar-refractivity contribution in [3.63, 3.8) is 0 Å². The molecule has 2 heterocycles. The highest BCUT2D eigenvalue weighted by Gasteiger charge is 2.16. The van der Waals surface area contributed by atoms with Gasteiger partial charge in [-0.25, -0.2) is 4.98 Å². The number of benzene rings is 1. The monoisotopic (exact) mass is 215 g/mol. The molecule has 84 valence electrons. The van der Waals surface area contributed by atoms with E-state index in [1.165, 1.54) is 23.9 Å². The molecular formula is C13H17N3. The Labute approximate surface area is 95.5 Å². The fraction of sp³-hybridized carbons (Fsp3) is 0.462. The lowest BCUT2D eigenvalue weighted by Crippen LogP contribution is -2.31. The van der Waals surface area contributed by atoms with Gasteiger partial charge in [0.25, 0.3) is 0 Å². The van der Waals surface area contributed by atoms with Crippen LogP contribution in [0, 0.1) is 6.92 Å². The lowest BCUT2D eigenvalue weighted by Gasteiger charge is -2.24. The van der Waals surface area contributed by atoms with Gasteiger partial charge in [-0.05, 0) is 44.0 Å². The first kappa shape index (κ1) is 9.85. The molecule has 1 aromatic heterocycles. The van der Waals surface area contributed by atoms with Crippen LogP contribution in [-0.2, 0) is 0 Å². The van der Waals surface area contributed by atoms with Gasteiger partial charge in [0.15, 0.2) is 0 Å². The van der Waals surface area contributed by atoms with Gasteiger partial charge in [0.1, 0.15) is 0 Å². The predicted octanol–water partition coefficient (Wildman–Crippen LogP) is 2.27. The summed E-state index contributed by atoms with van der Waals surface area (Å²) in [7, 11) is 0. The Hall–Kier alpha value is -1.35. The highest BCUT2D eigenvalue weighted by molar-refractivity contribution is 5.76. The normalized spacial score (nSPS) is 21.4. The van der Waals surface area contributed by atoms with E-state index in [0.717, 1.165) is 18.6 Å². The van der Waals surface area contributed by atoms with Crippen molar-refractivity contribution in [3.05, 3.63) is 30.1 Å². The highest BCUT2D eigenvalue weighted by atomic mass is 15.1. The Balaban J connectivity index is 2.03. The second-order valence-corrected chi connectivity index (χ2v) is 4.64. The van der Waals surface area contributed by atoms with Crippen molar-refractivity contribution < 1.29 is 0 Å². The van der Waals surface area contributed by atoms with E-state index in [0.29, 0.717) is 6.04 Å². The van der Waals surface area contributed by atoms with Gasteiger partial charge >= 0.3 is 0 Å². The topological polar surface area (TPSA) is 29.9 Å². The summed E-state index contributed by atoms with van der Waals surface area (Å²) in [5, 5.41) is 3.45. The van der Waals surface area contributed by atoms with Crippen molar-refractivity contribution in [2.45, 2.75) is 25.8 Å². The molecule has 3 nitrogen and oxygen atoms in total. The third kappa shape index (κ3) is 1.61. The van der Waals surface area contributed by atoms with Crippen LogP contribution in [0.15, 0.2) is 24.5 Å². The molecule has 0 spiro atoms. The maximum atomic E-state index is 4.49. The molecule has 0 aliphatic carbocycles. The van der Waals surface area contributed by atoms with Crippen molar-refractivity contribution in [1.29, 1.82) is 0 Å². The Bertz CT molecular complexity index is 495. The second kappa shape index (κ2) is 3.91. The second-order valence-electron chi connectivity index (χ2n) is 4.64. The highest BCUT2D eigenvalue weighted by Crippen LogP contribution is 2.23. The van der Waals surface area contributed by atoms with Gasteiger partial charge in [-0.2, -0.15) is 0 Å². The minimum absolute atomic E-state index is 0.571. The van der Waals surface area contributed by atoms with Gasteiger partial charge in [-0.3, -0.25) is 0 Å². The van der Waals surface area contributed by atoms with Crippen LogP contribution in [0.2, 0.25) is 0 Å². The Morgan fingerprint density at radius 1 is 1.44 bits per heavy atom. The fourth-order valence-corrected chi connectivity index (χ4v) is 2.50. The molecule has 0 radical (unpaired) electrons. The zero-order chi connectivity index (χ0) is 11.0. The van der Waals surface area contributed by atoms with Crippen LogP contribution < -0.4 is 5.32 Å². The quantitative estimate of drug-likeness (QED) is 0.791. The summed E-state index contributed by atoms with van der Waals surface area (Å²) >= 11 is 0. The Morgan fingerprint density at radius 3 is 3.19 bits per heavy atom. The molecule has 1 fully saturated rings. The fourth-order valence-electron chi connectivity index (χ4n) is 2.50. The van der Waals surface area contributed by atoms with Crippen molar-refractivity contribution in [1.82, 2.24) is 14.9 Å². The first-order valence-electron chi connectivity index (χ1n) is 5.98. The summed E-state index contributed by atoms with van der Waals surface area (Å²) in [6.45, 7) is 4.34. The number of nitrogens with zero attached hydrogens (tertiary/aromatic N) is 2. The summed E-state index contributed by atoms with van der Waals surface area (Å²) in [6.07, 6.45) is 4.50. The smallest absolute Gasteiger partial charge is 0.0961 e. The number of hydrogen-bond donors (Lipinski definition) is 1. The van der Waals surface area contributed by atoms with Gasteiger partial charge < -0.3 is 9.88 Å². The van der Waals surface area contributed by atoms with Crippen LogP contribution in [0.4, 0.5) is 0 Å². The van der Waals surface area contributed by atoms with Crippen molar-refractivity contribution in [2.75, 3.05) is 13.1 Å². The van der Waals surface area contributed by atoms with Crippen LogP contribution >= 0.6 is 0 Å². The summed E-state index contributed by atoms with van der Waals surface area (Å²) in [4.78, 5) is 4.49. The van der Waals surface area contributed by atoms with Gasteiger partial charge in [0.05, 0.1) is 17.4 Å². The molecule has 1 unspecified atom stereocenters. The van der Waals surface area contributed by atoms with Gasteiger partial charge in [0.2, 0.25) is 0 Å². The zero-order valence-electron chi connectivity index (χ0n) is 9.61. The predicted molar refractivity (Wildman–Crippen MR) is 65.6 cm³/mol. The van der Waals surface area contributed by atoms with Crippen LogP contribution in [0.3, 0.4) is 0 Å². The maximum Gasteiger partial charge on any atom is 0.0961 e. The summed E-state index contributed by atoms with van der Waals surface area (Å²) < 4.78 is 2.32. The van der Waals surface area contributed by atoms with Crippen molar-refractivity contribution in [3.8, 4) is 0 Å². The van der Waals surface area contributed by atoms with E-state index in [-0.39, 0.29) is 0 Å². The molecule has 0 saturated carbocycles. The van der Waals surface area contributed by atoms with Crippen molar-refractivity contribution in [2.24, 2.45) is 0 Å². The molecule has 1 aromatic carbocycles. The molecule has 3 heteroatoms. The molecule has 1 saturated heterocycles. The van der Waals surface area contributed by atoms with E-state index < -0.39 is 0 Å². The summed E-state index contributed by atoms with van der Waals surface area (Å²) in [5.41, 5.74) is 3.66. The molecule has 1 atom stereocenters. The lowest BCUT2D eigenvalue weighted by atomic mass is 10.1. The molecular weight excluding hydrogens is 198 g/mol. The van der Waals surface area contributed by atoms with Crippen LogP contribution in [0.25, 0.3) is 11.0 Å². The Kier molecular flexibility index (Phi) is 2.40. The number of rotatable bonds is 1. The molecule has 1 N–H and O–H groups in total. The number of aryl methyl sites for hydroxylation is 1. The van der Waals surface area contributed by atoms with E-state index in [1.54, 1.807) is 0 Å². The molecule has 1 aliphatic heterocycles. The maximum absolute atomic E-state index is 4.49. The molecule has 0 bridgehead atoms. The van der Waals surface area contributed by atoms with E-state index in [1.807, 2.05) is 6.33 Å². The number of imidazole rings is 1. The number of aromatic nitrogens is 2. The minimum Gasteiger partial charge on any atom is -0.326 e. The largest absolute Gasteiger partial charge is 0.326 e. The average Bonchev–Trinajstić information content (AvgIpc) is 2.73. The number of nitrogens with one attached hydrogen (secondary N) is 1.